The molecule has 0 saturated carbocycles. The Morgan fingerprint density at radius 1 is 1.29 bits per heavy atom. The van der Waals surface area contributed by atoms with Gasteiger partial charge < -0.3 is 20.8 Å². The van der Waals surface area contributed by atoms with Gasteiger partial charge in [-0.2, -0.15) is 0 Å². The quantitative estimate of drug-likeness (QED) is 0.759. The highest BCUT2D eigenvalue weighted by atomic mass is 16.5. The van der Waals surface area contributed by atoms with Crippen molar-refractivity contribution in [3.05, 3.63) is 47.8 Å². The Balaban J connectivity index is 1.66. The molecule has 5 heteroatoms. The molecule has 2 aliphatic heterocycles. The standard InChI is InChI=1S/C19H22N4O/c1-24-15-2-3-17-13(9-15)8-14(11-23-17)16(20)10-18-19(5-7-22-18)4-6-21-12-19/h2-3,8-11,20-22H,4-7,12H2,1H3/b18-10-,20-16?. The van der Waals surface area contributed by atoms with Gasteiger partial charge in [0.2, 0.25) is 0 Å². The summed E-state index contributed by atoms with van der Waals surface area (Å²) in [4.78, 5) is 4.48. The monoisotopic (exact) mass is 322 g/mol. The minimum absolute atomic E-state index is 0.194. The number of fused-ring (bicyclic) bond motifs is 1. The number of allylic oxidation sites excluding steroid dienone is 1. The molecule has 124 valence electrons. The van der Waals surface area contributed by atoms with Gasteiger partial charge in [-0.3, -0.25) is 4.98 Å². The largest absolute Gasteiger partial charge is 0.497 e. The molecular formula is C19H22N4O. The van der Waals surface area contributed by atoms with E-state index in [-0.39, 0.29) is 5.41 Å². The van der Waals surface area contributed by atoms with E-state index in [0.717, 1.165) is 54.7 Å². The lowest BCUT2D eigenvalue weighted by Gasteiger charge is -2.23. The Hall–Kier alpha value is -2.40. The molecule has 0 bridgehead atoms. The van der Waals surface area contributed by atoms with Crippen LogP contribution < -0.4 is 15.4 Å². The molecular weight excluding hydrogens is 300 g/mol. The Bertz CT molecular complexity index is 816. The van der Waals surface area contributed by atoms with Gasteiger partial charge in [0, 0.05) is 41.3 Å². The number of nitrogens with zero attached hydrogens (tertiary/aromatic N) is 1. The lowest BCUT2D eigenvalue weighted by molar-refractivity contribution is 0.415. The Morgan fingerprint density at radius 2 is 2.17 bits per heavy atom. The zero-order chi connectivity index (χ0) is 16.6. The highest BCUT2D eigenvalue weighted by Gasteiger charge is 2.41. The van der Waals surface area contributed by atoms with Gasteiger partial charge in [0.25, 0.3) is 0 Å². The summed E-state index contributed by atoms with van der Waals surface area (Å²) in [5, 5.41) is 16.4. The van der Waals surface area contributed by atoms with E-state index >= 15 is 0 Å². The van der Waals surface area contributed by atoms with Gasteiger partial charge in [-0.05, 0) is 49.7 Å². The van der Waals surface area contributed by atoms with E-state index in [4.69, 9.17) is 10.1 Å². The number of benzene rings is 1. The number of methoxy groups -OCH3 is 1. The molecule has 2 aromatic rings. The van der Waals surface area contributed by atoms with Crippen molar-refractivity contribution in [2.75, 3.05) is 26.7 Å². The summed E-state index contributed by atoms with van der Waals surface area (Å²) < 4.78 is 5.28. The number of aromatic nitrogens is 1. The van der Waals surface area contributed by atoms with Gasteiger partial charge in [-0.25, -0.2) is 0 Å². The molecule has 1 atom stereocenters. The highest BCUT2D eigenvalue weighted by Crippen LogP contribution is 2.39. The van der Waals surface area contributed by atoms with Crippen molar-refractivity contribution in [2.24, 2.45) is 5.41 Å². The Morgan fingerprint density at radius 3 is 2.96 bits per heavy atom. The number of rotatable bonds is 3. The van der Waals surface area contributed by atoms with Crippen molar-refractivity contribution >= 4 is 16.6 Å². The van der Waals surface area contributed by atoms with E-state index in [1.807, 2.05) is 30.3 Å². The maximum atomic E-state index is 8.51. The van der Waals surface area contributed by atoms with Crippen LogP contribution in [0.1, 0.15) is 18.4 Å². The fourth-order valence-corrected chi connectivity index (χ4v) is 3.76. The predicted molar refractivity (Wildman–Crippen MR) is 95.7 cm³/mol. The van der Waals surface area contributed by atoms with Crippen molar-refractivity contribution in [1.29, 1.82) is 5.41 Å². The third-order valence-corrected chi connectivity index (χ3v) is 5.22. The first-order valence-corrected chi connectivity index (χ1v) is 8.40. The van der Waals surface area contributed by atoms with Crippen LogP contribution in [0.2, 0.25) is 0 Å². The van der Waals surface area contributed by atoms with Crippen molar-refractivity contribution in [3.63, 3.8) is 0 Å². The molecule has 0 radical (unpaired) electrons. The zero-order valence-corrected chi connectivity index (χ0v) is 13.9. The highest BCUT2D eigenvalue weighted by molar-refractivity contribution is 6.08. The van der Waals surface area contributed by atoms with Crippen LogP contribution in [0, 0.1) is 10.8 Å². The number of hydrogen-bond acceptors (Lipinski definition) is 5. The molecule has 2 aliphatic rings. The molecule has 1 unspecified atom stereocenters. The molecule has 5 nitrogen and oxygen atoms in total. The average Bonchev–Trinajstić information content (AvgIpc) is 3.24. The summed E-state index contributed by atoms with van der Waals surface area (Å²) in [7, 11) is 1.66. The lowest BCUT2D eigenvalue weighted by atomic mass is 9.82. The van der Waals surface area contributed by atoms with E-state index in [2.05, 4.69) is 15.6 Å². The molecule has 2 fully saturated rings. The number of pyridine rings is 1. The Kier molecular flexibility index (Phi) is 3.73. The van der Waals surface area contributed by atoms with Crippen molar-refractivity contribution in [3.8, 4) is 5.75 Å². The molecule has 1 aromatic carbocycles. The lowest BCUT2D eigenvalue weighted by Crippen LogP contribution is -2.25. The van der Waals surface area contributed by atoms with Crippen LogP contribution in [-0.2, 0) is 0 Å². The number of hydrogen-bond donors (Lipinski definition) is 3. The molecule has 3 heterocycles. The van der Waals surface area contributed by atoms with Crippen LogP contribution in [0.25, 0.3) is 10.9 Å². The molecule has 0 amide bonds. The molecule has 4 rings (SSSR count). The van der Waals surface area contributed by atoms with E-state index in [1.165, 1.54) is 5.70 Å². The van der Waals surface area contributed by atoms with E-state index in [1.54, 1.807) is 13.3 Å². The maximum absolute atomic E-state index is 8.51. The van der Waals surface area contributed by atoms with Gasteiger partial charge in [-0.15, -0.1) is 0 Å². The summed E-state index contributed by atoms with van der Waals surface area (Å²) in [5.74, 6) is 0.805. The normalized spacial score (nSPS) is 24.6. The summed E-state index contributed by atoms with van der Waals surface area (Å²) in [6.45, 7) is 3.06. The first-order chi connectivity index (χ1) is 11.7. The Labute approximate surface area is 141 Å². The molecule has 0 aliphatic carbocycles. The van der Waals surface area contributed by atoms with Crippen molar-refractivity contribution in [1.82, 2.24) is 15.6 Å². The minimum atomic E-state index is 0.194. The second kappa shape index (κ2) is 5.91. The second-order valence-corrected chi connectivity index (χ2v) is 6.64. The molecule has 2 saturated heterocycles. The van der Waals surface area contributed by atoms with Gasteiger partial charge in [0.05, 0.1) is 18.3 Å². The third-order valence-electron chi connectivity index (χ3n) is 5.22. The van der Waals surface area contributed by atoms with Crippen molar-refractivity contribution in [2.45, 2.75) is 12.8 Å². The summed E-state index contributed by atoms with van der Waals surface area (Å²) in [6, 6.07) is 7.82. The van der Waals surface area contributed by atoms with E-state index in [9.17, 15) is 0 Å². The topological polar surface area (TPSA) is 70.0 Å². The summed E-state index contributed by atoms with van der Waals surface area (Å²) in [5.41, 5.74) is 3.64. The number of ether oxygens (including phenoxy) is 1. The molecule has 24 heavy (non-hydrogen) atoms. The average molecular weight is 322 g/mol. The van der Waals surface area contributed by atoms with Gasteiger partial charge >= 0.3 is 0 Å². The fourth-order valence-electron chi connectivity index (χ4n) is 3.76. The molecule has 1 aromatic heterocycles. The second-order valence-electron chi connectivity index (χ2n) is 6.64. The fraction of sp³-hybridized carbons (Fsp3) is 0.368. The van der Waals surface area contributed by atoms with E-state index in [0.29, 0.717) is 5.71 Å². The first kappa shape index (κ1) is 15.1. The molecule has 3 N–H and O–H groups in total. The third kappa shape index (κ3) is 2.55. The summed E-state index contributed by atoms with van der Waals surface area (Å²) in [6.07, 6.45) is 6.06. The SMILES string of the molecule is COc1ccc2ncc(C(=N)/C=C3\NCCC34CCNC4)cc2c1. The van der Waals surface area contributed by atoms with Crippen molar-refractivity contribution < 1.29 is 4.74 Å². The molecule has 1 spiro atoms. The maximum Gasteiger partial charge on any atom is 0.119 e. The minimum Gasteiger partial charge on any atom is -0.497 e. The predicted octanol–water partition coefficient (Wildman–Crippen LogP) is 2.47. The zero-order valence-electron chi connectivity index (χ0n) is 13.9. The van der Waals surface area contributed by atoms with Gasteiger partial charge in [0.15, 0.2) is 0 Å². The smallest absolute Gasteiger partial charge is 0.119 e. The van der Waals surface area contributed by atoms with Gasteiger partial charge in [0.1, 0.15) is 5.75 Å². The van der Waals surface area contributed by atoms with Crippen LogP contribution in [0.4, 0.5) is 0 Å². The van der Waals surface area contributed by atoms with Crippen LogP contribution in [-0.4, -0.2) is 37.4 Å². The van der Waals surface area contributed by atoms with Crippen LogP contribution >= 0.6 is 0 Å². The van der Waals surface area contributed by atoms with Gasteiger partial charge in [-0.1, -0.05) is 0 Å². The van der Waals surface area contributed by atoms with Crippen LogP contribution in [0.5, 0.6) is 5.75 Å². The first-order valence-electron chi connectivity index (χ1n) is 8.40. The van der Waals surface area contributed by atoms with Crippen LogP contribution in [0.15, 0.2) is 42.2 Å². The van der Waals surface area contributed by atoms with Crippen LogP contribution in [0.3, 0.4) is 0 Å². The van der Waals surface area contributed by atoms with E-state index < -0.39 is 0 Å². The number of nitrogens with one attached hydrogen (secondary N) is 3. The summed E-state index contributed by atoms with van der Waals surface area (Å²) >= 11 is 0.